The smallest absolute Gasteiger partial charge is 0.408 e. The molecule has 1 aromatic rings. The first kappa shape index (κ1) is 27.6. The monoisotopic (exact) mass is 595 g/mol. The van der Waals surface area contributed by atoms with Crippen molar-refractivity contribution in [3.63, 3.8) is 0 Å². The summed E-state index contributed by atoms with van der Waals surface area (Å²) < 4.78 is 13.0. The van der Waals surface area contributed by atoms with E-state index in [4.69, 9.17) is 26.0 Å². The van der Waals surface area contributed by atoms with Crippen molar-refractivity contribution in [3.05, 3.63) is 31.7 Å². The molecule has 1 aliphatic heterocycles. The molecule has 178 valence electrons. The fourth-order valence-corrected chi connectivity index (χ4v) is 4.75. The Labute approximate surface area is 211 Å². The highest BCUT2D eigenvalue weighted by molar-refractivity contribution is 9.11. The molecule has 0 radical (unpaired) electrons. The number of halogens is 3. The van der Waals surface area contributed by atoms with Crippen LogP contribution in [0.25, 0.3) is 0 Å². The second-order valence-corrected chi connectivity index (χ2v) is 10.1. The van der Waals surface area contributed by atoms with Gasteiger partial charge in [-0.3, -0.25) is 14.5 Å². The Bertz CT molecular complexity index is 780. The van der Waals surface area contributed by atoms with Crippen LogP contribution in [0.2, 0.25) is 5.02 Å². The van der Waals surface area contributed by atoms with Crippen LogP contribution in [0, 0.1) is 5.92 Å². The Morgan fingerprint density at radius 3 is 2.50 bits per heavy atom. The number of benzene rings is 1. The van der Waals surface area contributed by atoms with Crippen molar-refractivity contribution in [1.29, 1.82) is 0 Å². The van der Waals surface area contributed by atoms with Crippen LogP contribution in [0.15, 0.2) is 21.1 Å². The zero-order valence-electron chi connectivity index (χ0n) is 18.2. The lowest BCUT2D eigenvalue weighted by atomic mass is 9.73. The minimum absolute atomic E-state index is 0.0866. The molecule has 0 spiro atoms. The maximum absolute atomic E-state index is 12.6. The van der Waals surface area contributed by atoms with E-state index in [1.807, 2.05) is 0 Å². The Hall–Kier alpha value is -0.685. The van der Waals surface area contributed by atoms with E-state index in [-0.39, 0.29) is 35.6 Å². The van der Waals surface area contributed by atoms with Crippen molar-refractivity contribution in [2.24, 2.45) is 5.92 Å². The summed E-state index contributed by atoms with van der Waals surface area (Å²) in [5.41, 5.74) is 0.263. The number of carbonyl (C=O) groups is 2. The minimum Gasteiger partial charge on any atom is -0.408 e. The highest BCUT2D eigenvalue weighted by Crippen LogP contribution is 2.30. The van der Waals surface area contributed by atoms with Crippen LogP contribution in [-0.2, 0) is 14.1 Å². The molecular weight excluding hydrogens is 568 g/mol. The van der Waals surface area contributed by atoms with Gasteiger partial charge in [-0.2, -0.15) is 0 Å². The van der Waals surface area contributed by atoms with Crippen molar-refractivity contribution in [3.8, 4) is 0 Å². The number of rotatable bonds is 9. The van der Waals surface area contributed by atoms with Gasteiger partial charge >= 0.3 is 7.12 Å². The van der Waals surface area contributed by atoms with Crippen LogP contribution in [0.3, 0.4) is 0 Å². The Balaban J connectivity index is 1.94. The second-order valence-electron chi connectivity index (χ2n) is 7.91. The molecule has 2 rings (SSSR count). The van der Waals surface area contributed by atoms with Gasteiger partial charge in [0.15, 0.2) is 0 Å². The molecule has 12 heteroatoms. The third-order valence-electron chi connectivity index (χ3n) is 4.84. The molecule has 1 heterocycles. The lowest BCUT2D eigenvalue weighted by Gasteiger charge is -2.31. The molecule has 1 saturated heterocycles. The van der Waals surface area contributed by atoms with Gasteiger partial charge in [-0.15, -0.1) is 0 Å². The third kappa shape index (κ3) is 8.93. The average Bonchev–Trinajstić information content (AvgIpc) is 2.70. The molecule has 8 nitrogen and oxygen atoms in total. The number of aliphatic hydroxyl groups is 1. The van der Waals surface area contributed by atoms with E-state index in [0.29, 0.717) is 54.1 Å². The molecule has 1 atom stereocenters. The van der Waals surface area contributed by atoms with E-state index < -0.39 is 13.0 Å². The van der Waals surface area contributed by atoms with Gasteiger partial charge in [0.25, 0.3) is 5.91 Å². The molecule has 0 unspecified atom stereocenters. The molecule has 0 aliphatic carbocycles. The summed E-state index contributed by atoms with van der Waals surface area (Å²) in [7, 11) is -0.580. The molecule has 1 aliphatic rings. The minimum atomic E-state index is -0.580. The Morgan fingerprint density at radius 1 is 1.25 bits per heavy atom. The largest absolute Gasteiger partial charge is 0.480 e. The third-order valence-corrected chi connectivity index (χ3v) is 6.56. The first-order valence-corrected chi connectivity index (χ1v) is 12.5. The number of nitrogens with zero attached hydrogens (tertiary/aromatic N) is 1. The Morgan fingerprint density at radius 2 is 1.91 bits per heavy atom. The van der Waals surface area contributed by atoms with E-state index in [0.717, 1.165) is 0 Å². The van der Waals surface area contributed by atoms with E-state index >= 15 is 0 Å². The molecule has 32 heavy (non-hydrogen) atoms. The van der Waals surface area contributed by atoms with Gasteiger partial charge in [0, 0.05) is 41.8 Å². The standard InChI is InChI=1S/C20H29BBr2ClN3O5/c1-13(2)9-17(21-31-7-4-27(3-6-28)5-8-32-21)26-18(29)12-25-20(30)15-10-14(22)11-16(23)19(15)24/h10-11,13,17,28H,3-9,12H2,1-2H3,(H,25,30)(H,26,29)/t17-/m0/s1. The lowest BCUT2D eigenvalue weighted by molar-refractivity contribution is -0.120. The number of carbonyl (C=O) groups excluding carboxylic acids is 2. The van der Waals surface area contributed by atoms with Gasteiger partial charge in [0.1, 0.15) is 0 Å². The van der Waals surface area contributed by atoms with Crippen LogP contribution in [-0.4, -0.2) is 80.9 Å². The van der Waals surface area contributed by atoms with Crippen molar-refractivity contribution in [2.75, 3.05) is 46.0 Å². The van der Waals surface area contributed by atoms with Crippen molar-refractivity contribution in [2.45, 2.75) is 26.2 Å². The molecule has 1 fully saturated rings. The quantitative estimate of drug-likeness (QED) is 0.299. The molecular formula is C20H29BBr2ClN3O5. The average molecular weight is 598 g/mol. The lowest BCUT2D eigenvalue weighted by Crippen LogP contribution is -2.54. The maximum atomic E-state index is 12.6. The molecule has 0 aromatic heterocycles. The maximum Gasteiger partial charge on any atom is 0.480 e. The van der Waals surface area contributed by atoms with Crippen molar-refractivity contribution >= 4 is 62.4 Å². The normalized spacial score (nSPS) is 16.4. The number of hydrogen-bond acceptors (Lipinski definition) is 6. The Kier molecular flexibility index (Phi) is 12.0. The van der Waals surface area contributed by atoms with Gasteiger partial charge in [-0.25, -0.2) is 0 Å². The highest BCUT2D eigenvalue weighted by atomic mass is 79.9. The highest BCUT2D eigenvalue weighted by Gasteiger charge is 2.33. The first-order valence-electron chi connectivity index (χ1n) is 10.5. The molecule has 2 amide bonds. The number of β-amino-alcohol motifs (C(OH)–C–C–N with tert-alkyl or cyclic N) is 1. The van der Waals surface area contributed by atoms with Crippen LogP contribution >= 0.6 is 43.5 Å². The number of nitrogens with one attached hydrogen (secondary N) is 2. The van der Waals surface area contributed by atoms with E-state index in [9.17, 15) is 9.59 Å². The zero-order valence-corrected chi connectivity index (χ0v) is 22.1. The summed E-state index contributed by atoms with van der Waals surface area (Å²) >= 11 is 12.8. The summed E-state index contributed by atoms with van der Waals surface area (Å²) in [6.07, 6.45) is 0.662. The summed E-state index contributed by atoms with van der Waals surface area (Å²) in [4.78, 5) is 27.2. The van der Waals surface area contributed by atoms with E-state index in [1.165, 1.54) is 0 Å². The fourth-order valence-electron chi connectivity index (χ4n) is 3.33. The molecule has 1 aromatic carbocycles. The fraction of sp³-hybridized carbons (Fsp3) is 0.600. The summed E-state index contributed by atoms with van der Waals surface area (Å²) in [5.74, 6) is -0.844. The van der Waals surface area contributed by atoms with Gasteiger partial charge in [0.05, 0.1) is 29.7 Å². The number of amides is 2. The van der Waals surface area contributed by atoms with Crippen LogP contribution < -0.4 is 10.6 Å². The topological polar surface area (TPSA) is 100 Å². The molecule has 0 bridgehead atoms. The predicted octanol–water partition coefficient (Wildman–Crippen LogP) is 2.49. The molecule has 3 N–H and O–H groups in total. The van der Waals surface area contributed by atoms with E-state index in [2.05, 4.69) is 61.2 Å². The number of aliphatic hydroxyl groups excluding tert-OH is 1. The summed E-state index contributed by atoms with van der Waals surface area (Å²) in [5, 5.41) is 14.9. The zero-order chi connectivity index (χ0) is 23.7. The number of hydrogen-bond donors (Lipinski definition) is 3. The first-order chi connectivity index (χ1) is 15.2. The van der Waals surface area contributed by atoms with Gasteiger partial charge in [-0.1, -0.05) is 41.4 Å². The van der Waals surface area contributed by atoms with Gasteiger partial charge < -0.3 is 25.0 Å². The summed E-state index contributed by atoms with van der Waals surface area (Å²) in [6, 6.07) is 3.33. The predicted molar refractivity (Wildman–Crippen MR) is 132 cm³/mol. The van der Waals surface area contributed by atoms with Crippen molar-refractivity contribution < 1.29 is 24.0 Å². The van der Waals surface area contributed by atoms with Gasteiger partial charge in [0.2, 0.25) is 5.91 Å². The SMILES string of the molecule is CC(C)C[C@H](NC(=O)CNC(=O)c1cc(Br)cc(Br)c1Cl)B1OCCN(CCO)CCO1. The van der Waals surface area contributed by atoms with Crippen LogP contribution in [0.4, 0.5) is 0 Å². The molecule has 0 saturated carbocycles. The van der Waals surface area contributed by atoms with E-state index in [1.54, 1.807) is 12.1 Å². The summed E-state index contributed by atoms with van der Waals surface area (Å²) in [6.45, 7) is 6.80. The van der Waals surface area contributed by atoms with Crippen LogP contribution in [0.5, 0.6) is 0 Å². The second kappa shape index (κ2) is 13.9. The van der Waals surface area contributed by atoms with Crippen molar-refractivity contribution in [1.82, 2.24) is 15.5 Å². The van der Waals surface area contributed by atoms with Crippen LogP contribution in [0.1, 0.15) is 30.6 Å². The van der Waals surface area contributed by atoms with Gasteiger partial charge in [-0.05, 0) is 40.4 Å².